The summed E-state index contributed by atoms with van der Waals surface area (Å²) < 4.78 is 36.6. The summed E-state index contributed by atoms with van der Waals surface area (Å²) in [4.78, 5) is 34.7. The largest absolute Gasteiger partial charge is 0.417 e. The Morgan fingerprint density at radius 3 is 1.72 bits per heavy atom. The van der Waals surface area contributed by atoms with Gasteiger partial charge in [0.1, 0.15) is 5.82 Å². The number of aromatic nitrogens is 3. The number of nitrogens with one attached hydrogen (secondary N) is 2. The molecule has 2 N–H and O–H groups in total. The van der Waals surface area contributed by atoms with E-state index in [0.29, 0.717) is 53.5 Å². The predicted octanol–water partition coefficient (Wildman–Crippen LogP) is 11.8. The number of amides is 2. The summed E-state index contributed by atoms with van der Waals surface area (Å²) in [6.07, 6.45) is 1.08. The van der Waals surface area contributed by atoms with E-state index in [9.17, 15) is 22.8 Å². The predicted molar refractivity (Wildman–Crippen MR) is 211 cm³/mol. The third-order valence-corrected chi connectivity index (χ3v) is 7.66. The Morgan fingerprint density at radius 2 is 1.26 bits per heavy atom. The maximum Gasteiger partial charge on any atom is 0.417 e. The average Bonchev–Trinajstić information content (AvgIpc) is 3.06. The summed E-state index contributed by atoms with van der Waals surface area (Å²) in [6, 6.07) is 16.5. The molecule has 0 unspecified atom stereocenters. The number of carbonyl (C=O) groups is 2. The summed E-state index contributed by atoms with van der Waals surface area (Å²) >= 11 is 11.7. The number of halogens is 5. The van der Waals surface area contributed by atoms with Gasteiger partial charge in [-0.3, -0.25) is 14.6 Å². The van der Waals surface area contributed by atoms with E-state index < -0.39 is 11.7 Å². The SMILES string of the molecule is CC(C)c1ncc(C(F)(F)F)cc1Cl.CC(C)c1ncccn1.Cc1ccc(CNC(=O)CC(C)C)cc1.Cc1ccc(NC(=O)CC(C)C)c(Cl)c1. The van der Waals surface area contributed by atoms with E-state index >= 15 is 0 Å². The number of hydrogen-bond acceptors (Lipinski definition) is 5. The minimum Gasteiger partial charge on any atom is -0.352 e. The number of hydrogen-bond donors (Lipinski definition) is 2. The maximum absolute atomic E-state index is 12.2. The van der Waals surface area contributed by atoms with E-state index in [1.54, 1.807) is 12.4 Å². The van der Waals surface area contributed by atoms with Gasteiger partial charge in [-0.1, -0.05) is 114 Å². The highest BCUT2D eigenvalue weighted by molar-refractivity contribution is 6.33. The summed E-state index contributed by atoms with van der Waals surface area (Å²) in [6.45, 7) is 20.6. The molecule has 0 aliphatic heterocycles. The molecule has 0 radical (unpaired) electrons. The lowest BCUT2D eigenvalue weighted by Gasteiger charge is -2.10. The molecule has 2 heterocycles. The molecule has 0 spiro atoms. The molecule has 12 heteroatoms. The summed E-state index contributed by atoms with van der Waals surface area (Å²) in [7, 11) is 0. The number of pyridine rings is 1. The Bertz CT molecular complexity index is 1680. The van der Waals surface area contributed by atoms with E-state index in [1.807, 2.05) is 84.9 Å². The first-order chi connectivity index (χ1) is 24.7. The molecule has 7 nitrogen and oxygen atoms in total. The van der Waals surface area contributed by atoms with Crippen LogP contribution in [0.4, 0.5) is 18.9 Å². The van der Waals surface area contributed by atoms with Crippen molar-refractivity contribution in [2.24, 2.45) is 11.8 Å². The molecule has 0 bridgehead atoms. The fourth-order valence-corrected chi connectivity index (χ4v) is 4.95. The van der Waals surface area contributed by atoms with Gasteiger partial charge in [0.15, 0.2) is 0 Å². The summed E-state index contributed by atoms with van der Waals surface area (Å²) in [5.74, 6) is 2.28. The van der Waals surface area contributed by atoms with Crippen molar-refractivity contribution in [2.75, 3.05) is 5.32 Å². The molecule has 0 saturated heterocycles. The van der Waals surface area contributed by atoms with Crippen molar-refractivity contribution < 1.29 is 22.8 Å². The maximum atomic E-state index is 12.2. The lowest BCUT2D eigenvalue weighted by atomic mass is 10.1. The number of carbonyl (C=O) groups excluding carboxylic acids is 2. The van der Waals surface area contributed by atoms with E-state index in [2.05, 4.69) is 58.5 Å². The molecule has 2 amide bonds. The highest BCUT2D eigenvalue weighted by atomic mass is 35.5. The monoisotopic (exact) mass is 775 g/mol. The Balaban J connectivity index is 0.000000359. The second kappa shape index (κ2) is 23.6. The Kier molecular flexibility index (Phi) is 20.9. The Labute approximate surface area is 323 Å². The number of nitrogens with zero attached hydrogens (tertiary/aromatic N) is 3. The van der Waals surface area contributed by atoms with Crippen molar-refractivity contribution in [3.63, 3.8) is 0 Å². The van der Waals surface area contributed by atoms with Crippen molar-refractivity contribution in [2.45, 2.75) is 107 Å². The molecular formula is C41H54Cl2F3N5O2. The molecule has 0 aliphatic rings. The van der Waals surface area contributed by atoms with Gasteiger partial charge in [-0.25, -0.2) is 9.97 Å². The van der Waals surface area contributed by atoms with Crippen LogP contribution in [-0.2, 0) is 22.3 Å². The van der Waals surface area contributed by atoms with Gasteiger partial charge in [0.2, 0.25) is 11.8 Å². The molecule has 2 aromatic carbocycles. The topological polar surface area (TPSA) is 96.9 Å². The first kappa shape index (κ1) is 47.0. The van der Waals surface area contributed by atoms with Gasteiger partial charge >= 0.3 is 6.18 Å². The van der Waals surface area contributed by atoms with Crippen LogP contribution in [0.3, 0.4) is 0 Å². The molecule has 4 aromatic rings. The van der Waals surface area contributed by atoms with Crippen molar-refractivity contribution in [3.05, 3.63) is 117 Å². The summed E-state index contributed by atoms with van der Waals surface area (Å²) in [5.41, 5.74) is 3.84. The lowest BCUT2D eigenvalue weighted by Crippen LogP contribution is -2.23. The third kappa shape index (κ3) is 20.1. The van der Waals surface area contributed by atoms with Gasteiger partial charge in [0.05, 0.1) is 27.0 Å². The van der Waals surface area contributed by atoms with Gasteiger partial charge in [-0.05, 0) is 67.0 Å². The molecule has 290 valence electrons. The van der Waals surface area contributed by atoms with Crippen LogP contribution < -0.4 is 10.6 Å². The molecule has 0 fully saturated rings. The smallest absolute Gasteiger partial charge is 0.352 e. The zero-order valence-electron chi connectivity index (χ0n) is 32.4. The minimum absolute atomic E-state index is 0.00996. The highest BCUT2D eigenvalue weighted by Crippen LogP contribution is 2.32. The Morgan fingerprint density at radius 1 is 0.717 bits per heavy atom. The van der Waals surface area contributed by atoms with Crippen molar-refractivity contribution in [1.29, 1.82) is 0 Å². The molecular weight excluding hydrogens is 722 g/mol. The molecule has 4 rings (SSSR count). The van der Waals surface area contributed by atoms with Gasteiger partial charge in [-0.2, -0.15) is 13.2 Å². The van der Waals surface area contributed by atoms with Gasteiger partial charge in [0.25, 0.3) is 0 Å². The fourth-order valence-electron chi connectivity index (χ4n) is 4.28. The molecule has 0 atom stereocenters. The van der Waals surface area contributed by atoms with Crippen LogP contribution in [0.2, 0.25) is 10.0 Å². The van der Waals surface area contributed by atoms with Gasteiger partial charge in [0, 0.05) is 43.9 Å². The van der Waals surface area contributed by atoms with Crippen LogP contribution in [0, 0.1) is 25.7 Å². The first-order valence-electron chi connectivity index (χ1n) is 17.6. The fraction of sp³-hybridized carbons (Fsp3) is 0.439. The second-order valence-corrected chi connectivity index (χ2v) is 14.8. The van der Waals surface area contributed by atoms with Crippen molar-refractivity contribution in [1.82, 2.24) is 20.3 Å². The number of aryl methyl sites for hydroxylation is 2. The average molecular weight is 777 g/mol. The quantitative estimate of drug-likeness (QED) is 0.176. The van der Waals surface area contributed by atoms with Gasteiger partial charge < -0.3 is 10.6 Å². The van der Waals surface area contributed by atoms with Crippen LogP contribution in [0.1, 0.15) is 114 Å². The normalized spacial score (nSPS) is 10.8. The highest BCUT2D eigenvalue weighted by Gasteiger charge is 2.31. The molecule has 0 saturated carbocycles. The van der Waals surface area contributed by atoms with E-state index in [4.69, 9.17) is 23.2 Å². The number of rotatable bonds is 9. The number of anilines is 1. The molecule has 2 aromatic heterocycles. The Hall–Kier alpha value is -4.02. The van der Waals surface area contributed by atoms with Crippen molar-refractivity contribution in [3.8, 4) is 0 Å². The first-order valence-corrected chi connectivity index (χ1v) is 18.3. The van der Waals surface area contributed by atoms with Crippen LogP contribution in [0.5, 0.6) is 0 Å². The van der Waals surface area contributed by atoms with Crippen LogP contribution >= 0.6 is 23.2 Å². The zero-order chi connectivity index (χ0) is 40.3. The van der Waals surface area contributed by atoms with Crippen molar-refractivity contribution >= 4 is 40.7 Å². The van der Waals surface area contributed by atoms with Crippen LogP contribution in [0.25, 0.3) is 0 Å². The lowest BCUT2D eigenvalue weighted by molar-refractivity contribution is -0.137. The summed E-state index contributed by atoms with van der Waals surface area (Å²) in [5, 5.41) is 6.36. The van der Waals surface area contributed by atoms with E-state index in [0.717, 1.165) is 29.2 Å². The number of alkyl halides is 3. The van der Waals surface area contributed by atoms with Crippen LogP contribution in [-0.4, -0.2) is 26.8 Å². The molecule has 0 aliphatic carbocycles. The molecule has 53 heavy (non-hydrogen) atoms. The second-order valence-electron chi connectivity index (χ2n) is 14.0. The van der Waals surface area contributed by atoms with Crippen LogP contribution in [0.15, 0.2) is 73.2 Å². The third-order valence-electron chi connectivity index (χ3n) is 7.04. The standard InChI is InChI=1S/C13H19NO.C12H16ClNO.C9H9ClF3N.C7H10N2/c1-10(2)8-13(15)14-9-12-6-4-11(3)5-7-12;1-8(2)6-12(15)14-11-5-4-9(3)7-10(11)13;1-5(2)8-7(10)3-6(4-14-8)9(11,12)13;1-6(2)7-8-4-3-5-9-7/h4-7,10H,8-9H2,1-3H3,(H,14,15);4-5,7-8H,6H2,1-3H3,(H,14,15);3-5H,1-2H3;3-6H,1-2H3. The number of benzene rings is 2. The van der Waals surface area contributed by atoms with Gasteiger partial charge in [-0.15, -0.1) is 0 Å². The minimum atomic E-state index is -4.38. The zero-order valence-corrected chi connectivity index (χ0v) is 33.9. The van der Waals surface area contributed by atoms with E-state index in [1.165, 1.54) is 5.56 Å². The van der Waals surface area contributed by atoms with E-state index in [-0.39, 0.29) is 22.8 Å².